The number of anilines is 1. The van der Waals surface area contributed by atoms with Gasteiger partial charge in [0.15, 0.2) is 5.13 Å². The Hall–Kier alpha value is -2.46. The van der Waals surface area contributed by atoms with Gasteiger partial charge in [0.1, 0.15) is 6.54 Å². The average molecular weight is 443 g/mol. The van der Waals surface area contributed by atoms with Crippen LogP contribution in [0.4, 0.5) is 18.3 Å². The Balaban J connectivity index is 2.14. The van der Waals surface area contributed by atoms with Gasteiger partial charge in [-0.05, 0) is 44.3 Å². The highest BCUT2D eigenvalue weighted by Gasteiger charge is 2.30. The van der Waals surface area contributed by atoms with Crippen molar-refractivity contribution in [2.24, 2.45) is 0 Å². The van der Waals surface area contributed by atoms with Crippen LogP contribution in [0.1, 0.15) is 35.5 Å². The average Bonchev–Trinajstić information content (AvgIpc) is 3.11. The summed E-state index contributed by atoms with van der Waals surface area (Å²) in [7, 11) is 0. The number of nitrogens with one attached hydrogen (secondary N) is 1. The molecule has 0 unspecified atom stereocenters. The van der Waals surface area contributed by atoms with Crippen LogP contribution in [0.3, 0.4) is 0 Å². The van der Waals surface area contributed by atoms with Crippen molar-refractivity contribution in [3.05, 3.63) is 46.5 Å². The number of hydrogen-bond acceptors (Lipinski definition) is 5. The monoisotopic (exact) mass is 442 g/mol. The number of likely N-dealkylation sites (N-methyl/N-ethyl adjacent to an activating group) is 1. The van der Waals surface area contributed by atoms with Gasteiger partial charge in [-0.15, -0.1) is 11.3 Å². The van der Waals surface area contributed by atoms with E-state index in [4.69, 9.17) is 0 Å². The number of rotatable bonds is 9. The first kappa shape index (κ1) is 23.8. The Morgan fingerprint density at radius 1 is 1.10 bits per heavy atom. The molecule has 2 rings (SSSR count). The van der Waals surface area contributed by atoms with E-state index in [0.717, 1.165) is 43.0 Å². The SMILES string of the molecule is CCN(CC)CCN(CC(=O)Nc1nc(C)cs1)C(=O)c1ccc(C(F)(F)F)cc1. The summed E-state index contributed by atoms with van der Waals surface area (Å²) in [5, 5.41) is 4.88. The van der Waals surface area contributed by atoms with Gasteiger partial charge in [0.2, 0.25) is 5.91 Å². The molecule has 30 heavy (non-hydrogen) atoms. The predicted octanol–water partition coefficient (Wildman–Crippen LogP) is 3.89. The van der Waals surface area contributed by atoms with Crippen LogP contribution in [0.5, 0.6) is 0 Å². The first-order chi connectivity index (χ1) is 14.1. The molecule has 0 bridgehead atoms. The van der Waals surface area contributed by atoms with E-state index in [2.05, 4.69) is 15.2 Å². The Labute approximate surface area is 177 Å². The van der Waals surface area contributed by atoms with Crippen molar-refractivity contribution in [3.8, 4) is 0 Å². The zero-order valence-corrected chi connectivity index (χ0v) is 17.9. The van der Waals surface area contributed by atoms with Gasteiger partial charge in [-0.2, -0.15) is 13.2 Å². The molecule has 0 spiro atoms. The molecule has 0 saturated carbocycles. The number of nitrogens with zero attached hydrogens (tertiary/aromatic N) is 3. The van der Waals surface area contributed by atoms with E-state index in [-0.39, 0.29) is 18.7 Å². The van der Waals surface area contributed by atoms with E-state index in [1.54, 1.807) is 12.3 Å². The van der Waals surface area contributed by atoms with Crippen molar-refractivity contribution in [1.82, 2.24) is 14.8 Å². The third kappa shape index (κ3) is 6.81. The maximum atomic E-state index is 12.9. The fourth-order valence-corrected chi connectivity index (χ4v) is 3.49. The summed E-state index contributed by atoms with van der Waals surface area (Å²) in [6.07, 6.45) is -4.48. The minimum Gasteiger partial charge on any atom is -0.328 e. The molecule has 0 aliphatic rings. The minimum absolute atomic E-state index is 0.0976. The van der Waals surface area contributed by atoms with Gasteiger partial charge in [0.25, 0.3) is 5.91 Å². The molecule has 1 heterocycles. The number of aryl methyl sites for hydroxylation is 1. The topological polar surface area (TPSA) is 65.5 Å². The maximum Gasteiger partial charge on any atom is 0.416 e. The zero-order chi connectivity index (χ0) is 22.3. The fourth-order valence-electron chi connectivity index (χ4n) is 2.78. The first-order valence-corrected chi connectivity index (χ1v) is 10.4. The van der Waals surface area contributed by atoms with Crippen LogP contribution in [-0.4, -0.2) is 59.3 Å². The van der Waals surface area contributed by atoms with Gasteiger partial charge in [-0.3, -0.25) is 9.59 Å². The molecule has 0 fully saturated rings. The normalized spacial score (nSPS) is 11.6. The number of amides is 2. The molecule has 1 N–H and O–H groups in total. The van der Waals surface area contributed by atoms with Crippen LogP contribution < -0.4 is 5.32 Å². The molecule has 0 saturated heterocycles. The Morgan fingerprint density at radius 3 is 2.23 bits per heavy atom. The van der Waals surface area contributed by atoms with E-state index >= 15 is 0 Å². The van der Waals surface area contributed by atoms with Crippen molar-refractivity contribution < 1.29 is 22.8 Å². The van der Waals surface area contributed by atoms with Crippen LogP contribution in [0.25, 0.3) is 0 Å². The van der Waals surface area contributed by atoms with Gasteiger partial charge >= 0.3 is 6.18 Å². The number of alkyl halides is 3. The third-order valence-electron chi connectivity index (χ3n) is 4.53. The number of carbonyl (C=O) groups is 2. The molecule has 2 amide bonds. The van der Waals surface area contributed by atoms with E-state index < -0.39 is 23.6 Å². The first-order valence-electron chi connectivity index (χ1n) is 9.54. The number of aromatic nitrogens is 1. The van der Waals surface area contributed by atoms with Crippen LogP contribution in [0.2, 0.25) is 0 Å². The summed E-state index contributed by atoms with van der Waals surface area (Å²) in [6, 6.07) is 4.01. The van der Waals surface area contributed by atoms with Crippen LogP contribution >= 0.6 is 11.3 Å². The molecule has 2 aromatic rings. The molecule has 0 atom stereocenters. The maximum absolute atomic E-state index is 12.9. The molecule has 0 radical (unpaired) electrons. The second-order valence-corrected chi connectivity index (χ2v) is 7.53. The minimum atomic E-state index is -4.48. The molecule has 164 valence electrons. The molecule has 10 heteroatoms. The van der Waals surface area contributed by atoms with Crippen molar-refractivity contribution in [3.63, 3.8) is 0 Å². The molecule has 1 aromatic carbocycles. The highest BCUT2D eigenvalue weighted by molar-refractivity contribution is 7.13. The van der Waals surface area contributed by atoms with Gasteiger partial charge in [-0.1, -0.05) is 13.8 Å². The summed E-state index contributed by atoms with van der Waals surface area (Å²) in [6.45, 7) is 7.93. The summed E-state index contributed by atoms with van der Waals surface area (Å²) in [4.78, 5) is 33.0. The third-order valence-corrected chi connectivity index (χ3v) is 5.40. The number of halogens is 3. The lowest BCUT2D eigenvalue weighted by atomic mass is 10.1. The number of benzene rings is 1. The van der Waals surface area contributed by atoms with Crippen LogP contribution in [-0.2, 0) is 11.0 Å². The van der Waals surface area contributed by atoms with E-state index in [1.165, 1.54) is 16.2 Å². The fraction of sp³-hybridized carbons (Fsp3) is 0.450. The van der Waals surface area contributed by atoms with Crippen molar-refractivity contribution in [2.75, 3.05) is 38.0 Å². The van der Waals surface area contributed by atoms with Gasteiger partial charge in [-0.25, -0.2) is 4.98 Å². The van der Waals surface area contributed by atoms with Crippen LogP contribution in [0, 0.1) is 6.92 Å². The van der Waals surface area contributed by atoms with Crippen molar-refractivity contribution >= 4 is 28.3 Å². The summed E-state index contributed by atoms with van der Waals surface area (Å²) in [5.74, 6) is -0.912. The van der Waals surface area contributed by atoms with Gasteiger partial charge in [0, 0.05) is 24.0 Å². The van der Waals surface area contributed by atoms with Crippen LogP contribution in [0.15, 0.2) is 29.6 Å². The number of carbonyl (C=O) groups excluding carboxylic acids is 2. The Kier molecular flexibility index (Phi) is 8.36. The molecule has 1 aromatic heterocycles. The van der Waals surface area contributed by atoms with E-state index in [1.807, 2.05) is 13.8 Å². The molecule has 0 aliphatic carbocycles. The lowest BCUT2D eigenvalue weighted by Gasteiger charge is -2.26. The number of hydrogen-bond donors (Lipinski definition) is 1. The summed E-state index contributed by atoms with van der Waals surface area (Å²) >= 11 is 1.28. The predicted molar refractivity (Wildman–Crippen MR) is 111 cm³/mol. The zero-order valence-electron chi connectivity index (χ0n) is 17.1. The van der Waals surface area contributed by atoms with Gasteiger partial charge < -0.3 is 15.1 Å². The Bertz CT molecular complexity index is 848. The summed E-state index contributed by atoms with van der Waals surface area (Å²) < 4.78 is 38.4. The standard InChI is InChI=1S/C20H25F3N4O2S/c1-4-26(5-2)10-11-27(12-17(28)25-19-24-14(3)13-30-19)18(29)15-6-8-16(9-7-15)20(21,22)23/h6-9,13H,4-5,10-12H2,1-3H3,(H,24,25,28). The quantitative estimate of drug-likeness (QED) is 0.640. The smallest absolute Gasteiger partial charge is 0.328 e. The van der Waals surface area contributed by atoms with E-state index in [0.29, 0.717) is 11.7 Å². The highest BCUT2D eigenvalue weighted by atomic mass is 32.1. The Morgan fingerprint density at radius 2 is 1.73 bits per heavy atom. The largest absolute Gasteiger partial charge is 0.416 e. The van der Waals surface area contributed by atoms with Gasteiger partial charge in [0.05, 0.1) is 11.3 Å². The highest BCUT2D eigenvalue weighted by Crippen LogP contribution is 2.29. The molecular formula is C20H25F3N4O2S. The van der Waals surface area contributed by atoms with Crippen molar-refractivity contribution in [1.29, 1.82) is 0 Å². The molecule has 0 aliphatic heterocycles. The lowest BCUT2D eigenvalue weighted by Crippen LogP contribution is -2.42. The second-order valence-electron chi connectivity index (χ2n) is 6.67. The van der Waals surface area contributed by atoms with Crippen molar-refractivity contribution in [2.45, 2.75) is 26.9 Å². The number of thiazole rings is 1. The lowest BCUT2D eigenvalue weighted by molar-refractivity contribution is -0.137. The second kappa shape index (κ2) is 10.5. The van der Waals surface area contributed by atoms with E-state index in [9.17, 15) is 22.8 Å². The summed E-state index contributed by atoms with van der Waals surface area (Å²) in [5.41, 5.74) is 0.0422. The molecule has 6 nitrogen and oxygen atoms in total. The molecular weight excluding hydrogens is 417 g/mol.